The van der Waals surface area contributed by atoms with Gasteiger partial charge in [-0.15, -0.1) is 0 Å². The van der Waals surface area contributed by atoms with Crippen molar-refractivity contribution >= 4 is 23.0 Å². The van der Waals surface area contributed by atoms with Crippen molar-refractivity contribution in [3.63, 3.8) is 0 Å². The third-order valence-electron chi connectivity index (χ3n) is 3.73. The Morgan fingerprint density at radius 2 is 2.04 bits per heavy atom. The Morgan fingerprint density at radius 3 is 2.74 bits per heavy atom. The number of alkyl halides is 3. The van der Waals surface area contributed by atoms with Crippen molar-refractivity contribution < 1.29 is 13.2 Å². The average Bonchev–Trinajstić information content (AvgIpc) is 2.53. The number of nitrogens with zero attached hydrogens (tertiary/aromatic N) is 4. The zero-order valence-electron chi connectivity index (χ0n) is 11.7. The van der Waals surface area contributed by atoms with Gasteiger partial charge in [0, 0.05) is 17.8 Å². The second-order valence-electron chi connectivity index (χ2n) is 5.07. The van der Waals surface area contributed by atoms with Crippen molar-refractivity contribution in [3.8, 4) is 0 Å². The highest BCUT2D eigenvalue weighted by Crippen LogP contribution is 2.39. The van der Waals surface area contributed by atoms with Gasteiger partial charge in [-0.1, -0.05) is 17.7 Å². The second kappa shape index (κ2) is 5.70. The van der Waals surface area contributed by atoms with E-state index in [0.29, 0.717) is 36.0 Å². The molecule has 8 heteroatoms. The normalized spacial score (nSPS) is 14.3. The summed E-state index contributed by atoms with van der Waals surface area (Å²) in [6, 6.07) is 3.74. The molecule has 3 rings (SSSR count). The molecule has 0 bridgehead atoms. The molecule has 0 saturated carbocycles. The summed E-state index contributed by atoms with van der Waals surface area (Å²) in [4.78, 5) is 12.8. The van der Waals surface area contributed by atoms with Crippen LogP contribution in [-0.4, -0.2) is 16.5 Å². The third-order valence-corrected chi connectivity index (χ3v) is 4.05. The van der Waals surface area contributed by atoms with E-state index in [1.54, 1.807) is 4.90 Å². The molecule has 23 heavy (non-hydrogen) atoms. The number of halogens is 4. The van der Waals surface area contributed by atoms with Gasteiger partial charge in [0.2, 0.25) is 0 Å². The highest BCUT2D eigenvalue weighted by molar-refractivity contribution is 6.30. The van der Waals surface area contributed by atoms with E-state index < -0.39 is 17.4 Å². The van der Waals surface area contributed by atoms with Crippen LogP contribution in [0.1, 0.15) is 16.8 Å². The third kappa shape index (κ3) is 2.94. The van der Waals surface area contributed by atoms with Gasteiger partial charge in [0.1, 0.15) is 11.5 Å². The molecule has 0 saturated heterocycles. The Morgan fingerprint density at radius 1 is 1.26 bits per heavy atom. The molecule has 4 nitrogen and oxygen atoms in total. The van der Waals surface area contributed by atoms with Crippen molar-refractivity contribution in [1.82, 2.24) is 9.97 Å². The molecule has 0 N–H and O–H groups in total. The lowest BCUT2D eigenvalue weighted by molar-refractivity contribution is -0.136. The van der Waals surface area contributed by atoms with Crippen LogP contribution in [0.25, 0.3) is 4.85 Å². The van der Waals surface area contributed by atoms with Crippen LogP contribution in [0.4, 0.5) is 24.5 Å². The summed E-state index contributed by atoms with van der Waals surface area (Å²) < 4.78 is 39.2. The van der Waals surface area contributed by atoms with Gasteiger partial charge in [0.05, 0.1) is 24.4 Å². The standard InChI is InChI=1S/C15H10ClF3N4/c1-20-12-3-2-9(6-11(12)15(17,18)19)23-5-4-10-13(7-23)21-8-22-14(10)16/h2-3,6,8H,4-5,7H2. The summed E-state index contributed by atoms with van der Waals surface area (Å²) in [6.45, 7) is 7.74. The summed E-state index contributed by atoms with van der Waals surface area (Å²) in [5.41, 5.74) is 0.629. The fraction of sp³-hybridized carbons (Fsp3) is 0.267. The van der Waals surface area contributed by atoms with Crippen molar-refractivity contribution in [1.29, 1.82) is 0 Å². The predicted octanol–water partition coefficient (Wildman–Crippen LogP) is 4.26. The smallest absolute Gasteiger partial charge is 0.365 e. The molecule has 2 heterocycles. The Balaban J connectivity index is 1.96. The molecule has 0 aliphatic carbocycles. The Hall–Kier alpha value is -2.33. The number of fused-ring (bicyclic) bond motifs is 1. The predicted molar refractivity (Wildman–Crippen MR) is 79.5 cm³/mol. The quantitative estimate of drug-likeness (QED) is 0.575. The number of aromatic nitrogens is 2. The number of hydrogen-bond acceptors (Lipinski definition) is 3. The van der Waals surface area contributed by atoms with Crippen molar-refractivity contribution in [3.05, 3.63) is 57.9 Å². The Bertz CT molecular complexity index is 798. The van der Waals surface area contributed by atoms with Gasteiger partial charge in [0.15, 0.2) is 5.69 Å². The summed E-state index contributed by atoms with van der Waals surface area (Å²) in [6.07, 6.45) is -2.66. The number of hydrogen-bond donors (Lipinski definition) is 0. The lowest BCUT2D eigenvalue weighted by atomic mass is 10.0. The fourth-order valence-electron chi connectivity index (χ4n) is 2.58. The van der Waals surface area contributed by atoms with E-state index >= 15 is 0 Å². The molecule has 0 unspecified atom stereocenters. The van der Waals surface area contributed by atoms with E-state index in [1.807, 2.05) is 0 Å². The molecular formula is C15H10ClF3N4. The lowest BCUT2D eigenvalue weighted by Gasteiger charge is -2.30. The van der Waals surface area contributed by atoms with E-state index in [4.69, 9.17) is 18.2 Å². The van der Waals surface area contributed by atoms with Crippen LogP contribution in [0, 0.1) is 6.57 Å². The van der Waals surface area contributed by atoms with Gasteiger partial charge < -0.3 is 4.90 Å². The minimum Gasteiger partial charge on any atom is -0.365 e. The van der Waals surface area contributed by atoms with Crippen molar-refractivity contribution in [2.24, 2.45) is 0 Å². The minimum absolute atomic E-state index is 0.353. The van der Waals surface area contributed by atoms with Gasteiger partial charge in [-0.2, -0.15) is 13.2 Å². The minimum atomic E-state index is -4.56. The van der Waals surface area contributed by atoms with Gasteiger partial charge in [-0.25, -0.2) is 14.8 Å². The van der Waals surface area contributed by atoms with Crippen LogP contribution < -0.4 is 4.90 Å². The van der Waals surface area contributed by atoms with E-state index in [0.717, 1.165) is 11.6 Å². The highest BCUT2D eigenvalue weighted by Gasteiger charge is 2.34. The summed E-state index contributed by atoms with van der Waals surface area (Å²) in [7, 11) is 0. The Labute approximate surface area is 135 Å². The zero-order valence-corrected chi connectivity index (χ0v) is 12.5. The average molecular weight is 339 g/mol. The first-order valence-electron chi connectivity index (χ1n) is 6.72. The van der Waals surface area contributed by atoms with Crippen LogP contribution in [-0.2, 0) is 19.1 Å². The van der Waals surface area contributed by atoms with Crippen molar-refractivity contribution in [2.75, 3.05) is 11.4 Å². The molecule has 1 aromatic heterocycles. The van der Waals surface area contributed by atoms with Crippen LogP contribution in [0.3, 0.4) is 0 Å². The molecule has 118 valence electrons. The Kier molecular flexibility index (Phi) is 3.86. The largest absolute Gasteiger partial charge is 0.407 e. The molecule has 0 radical (unpaired) electrons. The van der Waals surface area contributed by atoms with E-state index in [1.165, 1.54) is 18.5 Å². The SMILES string of the molecule is [C-]#[N+]c1ccc(N2CCc3c(Cl)ncnc3C2)cc1C(F)(F)F. The molecule has 1 aliphatic heterocycles. The fourth-order valence-corrected chi connectivity index (χ4v) is 2.83. The molecule has 2 aromatic rings. The van der Waals surface area contributed by atoms with Crippen LogP contribution >= 0.6 is 11.6 Å². The van der Waals surface area contributed by atoms with Crippen LogP contribution in [0.5, 0.6) is 0 Å². The maximum Gasteiger partial charge on any atom is 0.407 e. The monoisotopic (exact) mass is 338 g/mol. The van der Waals surface area contributed by atoms with E-state index in [-0.39, 0.29) is 0 Å². The molecule has 0 amide bonds. The molecule has 1 aliphatic rings. The molecule has 0 fully saturated rings. The first-order chi connectivity index (χ1) is 10.9. The summed E-state index contributed by atoms with van der Waals surface area (Å²) in [5.74, 6) is 0. The number of anilines is 1. The lowest BCUT2D eigenvalue weighted by Crippen LogP contribution is -2.31. The topological polar surface area (TPSA) is 33.4 Å². The van der Waals surface area contributed by atoms with E-state index in [2.05, 4.69) is 14.8 Å². The first kappa shape index (κ1) is 15.6. The number of rotatable bonds is 1. The summed E-state index contributed by atoms with van der Waals surface area (Å²) >= 11 is 6.01. The summed E-state index contributed by atoms with van der Waals surface area (Å²) in [5, 5.41) is 0.383. The van der Waals surface area contributed by atoms with Crippen LogP contribution in [0.2, 0.25) is 5.15 Å². The van der Waals surface area contributed by atoms with Gasteiger partial charge in [-0.3, -0.25) is 0 Å². The maximum absolute atomic E-state index is 13.1. The van der Waals surface area contributed by atoms with Gasteiger partial charge in [-0.05, 0) is 18.6 Å². The molecular weight excluding hydrogens is 329 g/mol. The van der Waals surface area contributed by atoms with Gasteiger partial charge in [0.25, 0.3) is 0 Å². The highest BCUT2D eigenvalue weighted by atomic mass is 35.5. The zero-order chi connectivity index (χ0) is 16.6. The molecule has 0 atom stereocenters. The van der Waals surface area contributed by atoms with Crippen LogP contribution in [0.15, 0.2) is 24.5 Å². The molecule has 1 aromatic carbocycles. The number of benzene rings is 1. The first-order valence-corrected chi connectivity index (χ1v) is 7.10. The van der Waals surface area contributed by atoms with Gasteiger partial charge >= 0.3 is 6.18 Å². The maximum atomic E-state index is 13.1. The van der Waals surface area contributed by atoms with E-state index in [9.17, 15) is 13.2 Å². The van der Waals surface area contributed by atoms with Crippen molar-refractivity contribution in [2.45, 2.75) is 19.1 Å². The molecule has 0 spiro atoms. The second-order valence-corrected chi connectivity index (χ2v) is 5.43.